The van der Waals surface area contributed by atoms with E-state index in [1.165, 1.54) is 7.05 Å². The Morgan fingerprint density at radius 2 is 1.97 bits per heavy atom. The van der Waals surface area contributed by atoms with Gasteiger partial charge in [-0.25, -0.2) is 14.3 Å². The first-order valence-electron chi connectivity index (χ1n) is 9.62. The zero-order valence-electron chi connectivity index (χ0n) is 16.7. The predicted octanol–water partition coefficient (Wildman–Crippen LogP) is 2.15. The van der Waals surface area contributed by atoms with Crippen molar-refractivity contribution >= 4 is 23.7 Å². The summed E-state index contributed by atoms with van der Waals surface area (Å²) in [6.45, 7) is 4.62. The SMILES string of the molecule is CC(C)c1c(NC(=O)N2CCC3(C2)NC(=O)N(C)C3=O)cnn1-c1ccccc1. The summed E-state index contributed by atoms with van der Waals surface area (Å²) in [7, 11) is 1.45. The molecule has 5 amide bonds. The third-order valence-corrected chi connectivity index (χ3v) is 5.52. The minimum absolute atomic E-state index is 0.127. The number of hydrogen-bond acceptors (Lipinski definition) is 4. The average molecular weight is 396 g/mol. The van der Waals surface area contributed by atoms with E-state index in [4.69, 9.17) is 0 Å². The molecule has 4 rings (SSSR count). The zero-order chi connectivity index (χ0) is 20.8. The van der Waals surface area contributed by atoms with Gasteiger partial charge < -0.3 is 15.5 Å². The van der Waals surface area contributed by atoms with Crippen LogP contribution in [-0.2, 0) is 4.79 Å². The monoisotopic (exact) mass is 396 g/mol. The van der Waals surface area contributed by atoms with Crippen LogP contribution in [0.15, 0.2) is 36.5 Å². The third kappa shape index (κ3) is 3.12. The smallest absolute Gasteiger partial charge is 0.322 e. The van der Waals surface area contributed by atoms with Gasteiger partial charge in [0.2, 0.25) is 0 Å². The second-order valence-corrected chi connectivity index (χ2v) is 7.82. The van der Waals surface area contributed by atoms with Gasteiger partial charge >= 0.3 is 12.1 Å². The molecule has 1 aromatic carbocycles. The van der Waals surface area contributed by atoms with E-state index in [0.717, 1.165) is 16.3 Å². The number of amides is 5. The van der Waals surface area contributed by atoms with Gasteiger partial charge in [-0.3, -0.25) is 9.69 Å². The second-order valence-electron chi connectivity index (χ2n) is 7.82. The number of benzene rings is 1. The Hall–Kier alpha value is -3.36. The number of para-hydroxylation sites is 1. The van der Waals surface area contributed by atoms with Crippen LogP contribution in [0.3, 0.4) is 0 Å². The lowest BCUT2D eigenvalue weighted by Gasteiger charge is -2.22. The number of carbonyl (C=O) groups is 3. The van der Waals surface area contributed by atoms with E-state index < -0.39 is 11.6 Å². The van der Waals surface area contributed by atoms with E-state index in [-0.39, 0.29) is 24.4 Å². The van der Waals surface area contributed by atoms with Crippen LogP contribution in [0.5, 0.6) is 0 Å². The lowest BCUT2D eigenvalue weighted by molar-refractivity contribution is -0.129. The summed E-state index contributed by atoms with van der Waals surface area (Å²) in [4.78, 5) is 39.8. The number of nitrogens with one attached hydrogen (secondary N) is 2. The van der Waals surface area contributed by atoms with E-state index in [9.17, 15) is 14.4 Å². The van der Waals surface area contributed by atoms with E-state index in [1.807, 2.05) is 48.9 Å². The van der Waals surface area contributed by atoms with Crippen LogP contribution >= 0.6 is 0 Å². The van der Waals surface area contributed by atoms with Crippen molar-refractivity contribution in [3.05, 3.63) is 42.2 Å². The number of carbonyl (C=O) groups excluding carboxylic acids is 3. The molecular formula is C20H24N6O3. The molecular weight excluding hydrogens is 372 g/mol. The fraction of sp³-hybridized carbons (Fsp3) is 0.400. The lowest BCUT2D eigenvalue weighted by atomic mass is 9.99. The summed E-state index contributed by atoms with van der Waals surface area (Å²) in [5, 5.41) is 10.1. The molecule has 0 aliphatic carbocycles. The van der Waals surface area contributed by atoms with Crippen LogP contribution in [0.1, 0.15) is 31.9 Å². The highest BCUT2D eigenvalue weighted by Crippen LogP contribution is 2.30. The molecule has 152 valence electrons. The van der Waals surface area contributed by atoms with Crippen LogP contribution in [0, 0.1) is 0 Å². The largest absolute Gasteiger partial charge is 0.324 e. The molecule has 29 heavy (non-hydrogen) atoms. The van der Waals surface area contributed by atoms with Crippen molar-refractivity contribution in [1.29, 1.82) is 0 Å². The van der Waals surface area contributed by atoms with Gasteiger partial charge in [-0.2, -0.15) is 5.10 Å². The number of likely N-dealkylation sites (tertiary alicyclic amines) is 1. The molecule has 1 unspecified atom stereocenters. The number of aromatic nitrogens is 2. The Bertz CT molecular complexity index is 970. The Morgan fingerprint density at radius 1 is 1.24 bits per heavy atom. The van der Waals surface area contributed by atoms with Gasteiger partial charge in [0.15, 0.2) is 0 Å². The number of imide groups is 1. The number of rotatable bonds is 3. The minimum atomic E-state index is -1.02. The average Bonchev–Trinajstić information content (AvgIpc) is 3.37. The van der Waals surface area contributed by atoms with Crippen LogP contribution < -0.4 is 10.6 Å². The van der Waals surface area contributed by atoms with Crippen molar-refractivity contribution in [3.63, 3.8) is 0 Å². The third-order valence-electron chi connectivity index (χ3n) is 5.52. The minimum Gasteiger partial charge on any atom is -0.322 e. The molecule has 2 aliphatic heterocycles. The maximum Gasteiger partial charge on any atom is 0.324 e. The Morgan fingerprint density at radius 3 is 2.59 bits per heavy atom. The highest BCUT2D eigenvalue weighted by atomic mass is 16.2. The van der Waals surface area contributed by atoms with E-state index >= 15 is 0 Å². The molecule has 0 radical (unpaired) electrons. The van der Waals surface area contributed by atoms with Gasteiger partial charge in [-0.1, -0.05) is 32.0 Å². The molecule has 0 saturated carbocycles. The topological polar surface area (TPSA) is 99.6 Å². The van der Waals surface area contributed by atoms with Gasteiger partial charge in [0, 0.05) is 13.6 Å². The number of anilines is 1. The number of nitrogens with zero attached hydrogens (tertiary/aromatic N) is 4. The molecule has 2 N–H and O–H groups in total. The lowest BCUT2D eigenvalue weighted by Crippen LogP contribution is -2.50. The summed E-state index contributed by atoms with van der Waals surface area (Å²) in [5.41, 5.74) is 1.43. The standard InChI is InChI=1S/C20H24N6O3/c1-13(2)16-15(11-21-26(16)14-7-5-4-6-8-14)22-18(28)25-10-9-20(12-25)17(27)24(3)19(29)23-20/h4-8,11,13H,9-10,12H2,1-3H3,(H,22,28)(H,23,29). The first kappa shape index (κ1) is 19.0. The summed E-state index contributed by atoms with van der Waals surface area (Å²) < 4.78 is 1.82. The number of likely N-dealkylation sites (N-methyl/N-ethyl adjacent to an activating group) is 1. The molecule has 9 nitrogen and oxygen atoms in total. The summed E-state index contributed by atoms with van der Waals surface area (Å²) in [6, 6.07) is 8.99. The van der Waals surface area contributed by atoms with Crippen molar-refractivity contribution in [1.82, 2.24) is 24.9 Å². The molecule has 9 heteroatoms. The van der Waals surface area contributed by atoms with Crippen molar-refractivity contribution < 1.29 is 14.4 Å². The molecule has 3 heterocycles. The van der Waals surface area contributed by atoms with E-state index in [0.29, 0.717) is 18.7 Å². The Kier molecular flexibility index (Phi) is 4.52. The van der Waals surface area contributed by atoms with E-state index in [2.05, 4.69) is 15.7 Å². The Labute approximate surface area is 168 Å². The maximum absolute atomic E-state index is 12.9. The van der Waals surface area contributed by atoms with Crippen molar-refractivity contribution in [2.24, 2.45) is 0 Å². The summed E-state index contributed by atoms with van der Waals surface area (Å²) in [6.07, 6.45) is 2.04. The van der Waals surface area contributed by atoms with Crippen LogP contribution in [0.2, 0.25) is 0 Å². The second kappa shape index (κ2) is 6.91. The molecule has 1 spiro atoms. The van der Waals surface area contributed by atoms with Crippen molar-refractivity contribution in [2.45, 2.75) is 31.7 Å². The maximum atomic E-state index is 12.9. The summed E-state index contributed by atoms with van der Waals surface area (Å²) in [5.74, 6) is -0.167. The molecule has 1 atom stereocenters. The summed E-state index contributed by atoms with van der Waals surface area (Å²) >= 11 is 0. The fourth-order valence-corrected chi connectivity index (χ4v) is 3.99. The molecule has 0 bridgehead atoms. The quantitative estimate of drug-likeness (QED) is 0.777. The van der Waals surface area contributed by atoms with Gasteiger partial charge in [-0.05, 0) is 24.5 Å². The molecule has 1 aromatic heterocycles. The van der Waals surface area contributed by atoms with Gasteiger partial charge in [0.25, 0.3) is 5.91 Å². The van der Waals surface area contributed by atoms with Crippen molar-refractivity contribution in [3.8, 4) is 5.69 Å². The molecule has 2 fully saturated rings. The fourth-order valence-electron chi connectivity index (χ4n) is 3.99. The first-order chi connectivity index (χ1) is 13.8. The first-order valence-corrected chi connectivity index (χ1v) is 9.62. The van der Waals surface area contributed by atoms with Crippen molar-refractivity contribution in [2.75, 3.05) is 25.5 Å². The van der Waals surface area contributed by atoms with Crippen LogP contribution in [0.25, 0.3) is 5.69 Å². The van der Waals surface area contributed by atoms with Gasteiger partial charge in [-0.15, -0.1) is 0 Å². The number of urea groups is 2. The van der Waals surface area contributed by atoms with E-state index in [1.54, 1.807) is 11.1 Å². The Balaban J connectivity index is 1.53. The molecule has 2 saturated heterocycles. The normalized spacial score (nSPS) is 21.4. The van der Waals surface area contributed by atoms with Gasteiger partial charge in [0.1, 0.15) is 5.54 Å². The highest BCUT2D eigenvalue weighted by Gasteiger charge is 2.54. The van der Waals surface area contributed by atoms with Crippen LogP contribution in [0.4, 0.5) is 15.3 Å². The predicted molar refractivity (Wildman–Crippen MR) is 107 cm³/mol. The molecule has 2 aliphatic rings. The number of hydrogen-bond donors (Lipinski definition) is 2. The van der Waals surface area contributed by atoms with Gasteiger partial charge in [0.05, 0.1) is 29.8 Å². The molecule has 2 aromatic rings. The zero-order valence-corrected chi connectivity index (χ0v) is 16.7. The van der Waals surface area contributed by atoms with Crippen LogP contribution in [-0.4, -0.2) is 63.2 Å². The highest BCUT2D eigenvalue weighted by molar-refractivity contribution is 6.07.